The van der Waals surface area contributed by atoms with Gasteiger partial charge in [0.2, 0.25) is 5.91 Å². The van der Waals surface area contributed by atoms with E-state index in [9.17, 15) is 49.0 Å². The van der Waals surface area contributed by atoms with Crippen molar-refractivity contribution in [2.45, 2.75) is 55.9 Å². The number of aromatic amines is 1. The van der Waals surface area contributed by atoms with Gasteiger partial charge in [-0.1, -0.05) is 0 Å². The fourth-order valence-corrected chi connectivity index (χ4v) is 4.58. The van der Waals surface area contributed by atoms with E-state index in [0.717, 1.165) is 16.8 Å². The van der Waals surface area contributed by atoms with Gasteiger partial charge >= 0.3 is 21.3 Å². The Hall–Kier alpha value is -1.91. The van der Waals surface area contributed by atoms with Crippen molar-refractivity contribution in [3.63, 3.8) is 0 Å². The van der Waals surface area contributed by atoms with Gasteiger partial charge in [0.25, 0.3) is 5.56 Å². The Morgan fingerprint density at radius 2 is 1.68 bits per heavy atom. The van der Waals surface area contributed by atoms with Crippen molar-refractivity contribution < 1.29 is 77.9 Å². The monoisotopic (exact) mass is 627 g/mol. The summed E-state index contributed by atoms with van der Waals surface area (Å²) >= 11 is 0. The Bertz CT molecular complexity index is 1170. The first kappa shape index (κ1) is 36.1. The van der Waals surface area contributed by atoms with Gasteiger partial charge in [0, 0.05) is 25.7 Å². The summed E-state index contributed by atoms with van der Waals surface area (Å²) in [6, 6.07) is 0.962. The molecule has 0 bridgehead atoms. The number of ether oxygens (including phenoxy) is 1. The third-order valence-corrected chi connectivity index (χ3v) is 7.11. The van der Waals surface area contributed by atoms with Gasteiger partial charge in [-0.15, -0.1) is 0 Å². The molecule has 1 saturated heterocycles. The molecule has 0 radical (unpaired) electrons. The number of rotatable bonds is 12. The average Bonchev–Trinajstić information content (AvgIpc) is 3.12. The maximum absolute atomic E-state index is 11.7. The van der Waals surface area contributed by atoms with Crippen LogP contribution in [0, 0.1) is 0 Å². The van der Waals surface area contributed by atoms with Gasteiger partial charge in [0.05, 0.1) is 19.3 Å². The van der Waals surface area contributed by atoms with E-state index in [-0.39, 0.29) is 6.54 Å². The number of aromatic nitrogens is 2. The van der Waals surface area contributed by atoms with E-state index < -0.39 is 95.0 Å². The summed E-state index contributed by atoms with van der Waals surface area (Å²) in [7, 11) is -10.5. The lowest BCUT2D eigenvalue weighted by Gasteiger charge is -2.25. The van der Waals surface area contributed by atoms with E-state index >= 15 is 0 Å². The number of phosphoric acid groups is 2. The Kier molecular flexibility index (Phi) is 13.9. The number of amides is 1. The zero-order chi connectivity index (χ0) is 31.0. The molecule has 1 aliphatic rings. The van der Waals surface area contributed by atoms with E-state index in [4.69, 9.17) is 29.6 Å². The minimum atomic E-state index is -5.32. The van der Waals surface area contributed by atoms with E-state index in [1.54, 1.807) is 0 Å². The third-order valence-electron chi connectivity index (χ3n) is 4.96. The van der Waals surface area contributed by atoms with Crippen molar-refractivity contribution >= 4 is 21.6 Å². The maximum atomic E-state index is 11.7. The Balaban J connectivity index is 0.000000459. The molecule has 0 spiro atoms. The Labute approximate surface area is 223 Å². The lowest BCUT2D eigenvalue weighted by atomic mass is 10.0. The number of carbonyl (C=O) groups excluding carboxylic acids is 1. The molecule has 0 saturated carbocycles. The molecule has 0 aromatic carbocycles. The summed E-state index contributed by atoms with van der Waals surface area (Å²) in [6.07, 6.45) is -11.5. The van der Waals surface area contributed by atoms with Crippen LogP contribution in [0.3, 0.4) is 0 Å². The highest BCUT2D eigenvalue weighted by molar-refractivity contribution is 7.60. The molecule has 21 nitrogen and oxygen atoms in total. The van der Waals surface area contributed by atoms with Gasteiger partial charge in [0.15, 0.2) is 6.23 Å². The van der Waals surface area contributed by atoms with Crippen LogP contribution < -0.4 is 16.6 Å². The topological polar surface area (TPSA) is 348 Å². The second-order valence-corrected chi connectivity index (χ2v) is 11.0. The fraction of sp³-hybridized carbons (Fsp3) is 0.706. The van der Waals surface area contributed by atoms with Crippen LogP contribution in [0.25, 0.3) is 0 Å². The molecule has 12 N–H and O–H groups in total. The first-order valence-electron chi connectivity index (χ1n) is 10.9. The maximum Gasteiger partial charge on any atom is 0.481 e. The van der Waals surface area contributed by atoms with E-state index in [2.05, 4.69) is 14.2 Å². The number of nitrogens with zero attached hydrogens (tertiary/aromatic N) is 1. The smallest absolute Gasteiger partial charge is 0.394 e. The van der Waals surface area contributed by atoms with Gasteiger partial charge in [-0.25, -0.2) is 13.9 Å². The number of H-pyrrole nitrogens is 1. The molecule has 2 heterocycles. The minimum absolute atomic E-state index is 0.244. The normalized spacial score (nSPS) is 25.6. The SMILES string of the molecule is CC(=O)NCC(O)C(O)C(O)C(O)CO.O=c1ccn([C@@H]2O[C@H](COP(=O)(O)OP(=O)(O)O)[C@@H](O)[C@H]2O)c(=O)[nH]1. The first-order chi connectivity index (χ1) is 18.3. The molecule has 9 atom stereocenters. The van der Waals surface area contributed by atoms with E-state index in [1.807, 2.05) is 4.98 Å². The molecule has 232 valence electrons. The predicted molar refractivity (Wildman–Crippen MR) is 126 cm³/mol. The number of hydrogen-bond donors (Lipinski definition) is 12. The number of aliphatic hydroxyl groups is 7. The van der Waals surface area contributed by atoms with Crippen LogP contribution in [0.1, 0.15) is 13.2 Å². The van der Waals surface area contributed by atoms with Gasteiger partial charge in [-0.05, 0) is 0 Å². The van der Waals surface area contributed by atoms with Crippen molar-refractivity contribution in [2.75, 3.05) is 19.8 Å². The minimum Gasteiger partial charge on any atom is -0.394 e. The van der Waals surface area contributed by atoms with Crippen LogP contribution in [-0.4, -0.2) is 128 Å². The molecule has 5 unspecified atom stereocenters. The molecular formula is C17H31N3O18P2. The third kappa shape index (κ3) is 11.5. The van der Waals surface area contributed by atoms with Crippen molar-refractivity contribution in [2.24, 2.45) is 0 Å². The zero-order valence-electron chi connectivity index (χ0n) is 20.5. The van der Waals surface area contributed by atoms with Crippen molar-refractivity contribution in [3.8, 4) is 0 Å². The fourth-order valence-electron chi connectivity index (χ4n) is 2.98. The molecule has 1 fully saturated rings. The standard InChI is InChI=1S/C9H14N2O12P2.C8H17NO6/c12-5-1-2-11(9(15)10-5)8-7(14)6(13)4(22-8)3-21-25(19,20)23-24(16,17)18;1-4(11)9-2-5(12)7(14)8(15)6(13)3-10/h1-2,4,6-8,13-14H,3H2,(H,19,20)(H,10,12,15)(H2,16,17,18);5-8,10,12-15H,2-3H2,1H3,(H,9,11)/t4-,6-,7-,8-;/m1./s1. The van der Waals surface area contributed by atoms with Gasteiger partial charge in [-0.3, -0.25) is 23.7 Å². The number of carbonyl (C=O) groups is 1. The number of phosphoric ester groups is 1. The molecule has 1 aromatic rings. The van der Waals surface area contributed by atoms with Crippen LogP contribution in [0.4, 0.5) is 0 Å². The summed E-state index contributed by atoms with van der Waals surface area (Å²) < 4.78 is 35.6. The lowest BCUT2D eigenvalue weighted by molar-refractivity contribution is -0.124. The summed E-state index contributed by atoms with van der Waals surface area (Å²) in [5.74, 6) is -0.390. The van der Waals surface area contributed by atoms with Gasteiger partial charge < -0.3 is 60.5 Å². The first-order valence-corrected chi connectivity index (χ1v) is 14.0. The molecule has 0 aliphatic carbocycles. The second kappa shape index (κ2) is 15.4. The summed E-state index contributed by atoms with van der Waals surface area (Å²) in [6.45, 7) is -0.643. The van der Waals surface area contributed by atoms with Crippen molar-refractivity contribution in [1.29, 1.82) is 0 Å². The number of nitrogens with one attached hydrogen (secondary N) is 2. The molecule has 2 rings (SSSR count). The van der Waals surface area contributed by atoms with Crippen LogP contribution in [-0.2, 0) is 27.5 Å². The van der Waals surface area contributed by atoms with Crippen LogP contribution in [0.2, 0.25) is 0 Å². The van der Waals surface area contributed by atoms with Crippen molar-refractivity contribution in [3.05, 3.63) is 33.1 Å². The van der Waals surface area contributed by atoms with Gasteiger partial charge in [0.1, 0.15) is 36.6 Å². The van der Waals surface area contributed by atoms with Crippen LogP contribution in [0.5, 0.6) is 0 Å². The highest BCUT2D eigenvalue weighted by Gasteiger charge is 2.45. The largest absolute Gasteiger partial charge is 0.481 e. The molecule has 1 aromatic heterocycles. The molecular weight excluding hydrogens is 596 g/mol. The number of aliphatic hydroxyl groups excluding tert-OH is 7. The highest BCUT2D eigenvalue weighted by atomic mass is 31.3. The van der Waals surface area contributed by atoms with Crippen LogP contribution >= 0.6 is 15.6 Å². The summed E-state index contributed by atoms with van der Waals surface area (Å²) in [4.78, 5) is 61.2. The lowest BCUT2D eigenvalue weighted by Crippen LogP contribution is -2.49. The molecule has 1 aliphatic heterocycles. The zero-order valence-corrected chi connectivity index (χ0v) is 22.3. The van der Waals surface area contributed by atoms with Gasteiger partial charge in [-0.2, -0.15) is 4.31 Å². The average molecular weight is 627 g/mol. The van der Waals surface area contributed by atoms with E-state index in [0.29, 0.717) is 0 Å². The number of hydrogen-bond acceptors (Lipinski definition) is 15. The molecule has 1 amide bonds. The second-order valence-electron chi connectivity index (χ2n) is 8.14. The molecule has 40 heavy (non-hydrogen) atoms. The quantitative estimate of drug-likeness (QED) is 0.0959. The Morgan fingerprint density at radius 3 is 2.17 bits per heavy atom. The summed E-state index contributed by atoms with van der Waals surface area (Å²) in [5, 5.41) is 67.2. The highest BCUT2D eigenvalue weighted by Crippen LogP contribution is 2.57. The molecule has 23 heteroatoms. The Morgan fingerprint density at radius 1 is 1.10 bits per heavy atom. The predicted octanol–water partition coefficient (Wildman–Crippen LogP) is -6.06. The van der Waals surface area contributed by atoms with Crippen LogP contribution in [0.15, 0.2) is 21.9 Å². The summed E-state index contributed by atoms with van der Waals surface area (Å²) in [5.41, 5.74) is -1.65. The van der Waals surface area contributed by atoms with E-state index in [1.165, 1.54) is 6.92 Å². The van der Waals surface area contributed by atoms with Crippen molar-refractivity contribution in [1.82, 2.24) is 14.9 Å².